The summed E-state index contributed by atoms with van der Waals surface area (Å²) in [5.41, 5.74) is 2.30. The van der Waals surface area contributed by atoms with Gasteiger partial charge in [0.15, 0.2) is 0 Å². The molecule has 0 aliphatic carbocycles. The van der Waals surface area contributed by atoms with Crippen LogP contribution in [0.5, 0.6) is 5.88 Å². The van der Waals surface area contributed by atoms with Crippen molar-refractivity contribution in [2.75, 3.05) is 33.8 Å². The third-order valence-corrected chi connectivity index (χ3v) is 6.37. The molecule has 2 aliphatic rings. The van der Waals surface area contributed by atoms with Gasteiger partial charge in [0.05, 0.1) is 7.11 Å². The number of carbonyl (C=O) groups excluding carboxylic acids is 1. The fourth-order valence-electron chi connectivity index (χ4n) is 4.70. The number of piperidine rings is 1. The van der Waals surface area contributed by atoms with Gasteiger partial charge in [-0.15, -0.1) is 0 Å². The second-order valence-corrected chi connectivity index (χ2v) is 7.80. The monoisotopic (exact) mass is 365 g/mol. The van der Waals surface area contributed by atoms with Gasteiger partial charge in [-0.25, -0.2) is 4.98 Å². The van der Waals surface area contributed by atoms with Gasteiger partial charge in [0.25, 0.3) is 5.91 Å². The van der Waals surface area contributed by atoms with E-state index in [9.17, 15) is 4.79 Å². The topological polar surface area (TPSA) is 45.7 Å². The number of hydrogen-bond donors (Lipinski definition) is 0. The zero-order valence-electron chi connectivity index (χ0n) is 16.1. The predicted octanol–water partition coefficient (Wildman–Crippen LogP) is 3.18. The first-order chi connectivity index (χ1) is 13.1. The van der Waals surface area contributed by atoms with Crippen molar-refractivity contribution in [2.45, 2.75) is 30.7 Å². The molecule has 1 aromatic heterocycles. The molecule has 2 saturated heterocycles. The Hall–Kier alpha value is -2.40. The number of benzene rings is 1. The van der Waals surface area contributed by atoms with Crippen LogP contribution in [-0.4, -0.2) is 60.0 Å². The number of nitrogens with zero attached hydrogens (tertiary/aromatic N) is 3. The largest absolute Gasteiger partial charge is 0.481 e. The summed E-state index contributed by atoms with van der Waals surface area (Å²) in [4.78, 5) is 21.5. The van der Waals surface area contributed by atoms with Crippen LogP contribution < -0.4 is 4.74 Å². The van der Waals surface area contributed by atoms with E-state index >= 15 is 0 Å². The molecule has 1 atom stereocenters. The van der Waals surface area contributed by atoms with E-state index in [-0.39, 0.29) is 11.4 Å². The Morgan fingerprint density at radius 2 is 1.93 bits per heavy atom. The van der Waals surface area contributed by atoms with E-state index in [2.05, 4.69) is 47.3 Å². The van der Waals surface area contributed by atoms with Crippen LogP contribution in [0.3, 0.4) is 0 Å². The molecule has 0 radical (unpaired) electrons. The zero-order chi connectivity index (χ0) is 18.9. The maximum atomic E-state index is 12.9. The van der Waals surface area contributed by atoms with Gasteiger partial charge in [-0.2, -0.15) is 0 Å². The van der Waals surface area contributed by atoms with Crippen molar-refractivity contribution < 1.29 is 9.53 Å². The molecule has 4 rings (SSSR count). The van der Waals surface area contributed by atoms with Crippen LogP contribution in [0.2, 0.25) is 0 Å². The molecule has 3 heterocycles. The fourth-order valence-corrected chi connectivity index (χ4v) is 4.70. The minimum absolute atomic E-state index is 0.0748. The number of amides is 1. The molecule has 5 nitrogen and oxygen atoms in total. The van der Waals surface area contributed by atoms with Crippen molar-refractivity contribution in [1.29, 1.82) is 0 Å². The molecule has 142 valence electrons. The van der Waals surface area contributed by atoms with Crippen molar-refractivity contribution in [3.05, 3.63) is 59.8 Å². The molecule has 1 aromatic carbocycles. The van der Waals surface area contributed by atoms with Crippen molar-refractivity contribution in [2.24, 2.45) is 0 Å². The van der Waals surface area contributed by atoms with Crippen LogP contribution in [0.15, 0.2) is 48.7 Å². The SMILES string of the molecule is COc1cc(C(=O)N2CCC3(CC2)CC(c2ccccc2)CN3C)ccn1. The van der Waals surface area contributed by atoms with Crippen LogP contribution in [0.25, 0.3) is 0 Å². The van der Waals surface area contributed by atoms with Crippen molar-refractivity contribution in [3.8, 4) is 5.88 Å². The third kappa shape index (κ3) is 3.44. The van der Waals surface area contributed by atoms with Crippen LogP contribution in [0.1, 0.15) is 41.1 Å². The molecule has 2 aromatic rings. The Balaban J connectivity index is 1.43. The molecule has 0 N–H and O–H groups in total. The molecule has 27 heavy (non-hydrogen) atoms. The third-order valence-electron chi connectivity index (χ3n) is 6.37. The van der Waals surface area contributed by atoms with Crippen LogP contribution in [-0.2, 0) is 0 Å². The number of hydrogen-bond acceptors (Lipinski definition) is 4. The standard InChI is InChI=1S/C22H27N3O2/c1-24-16-19(17-6-4-3-5-7-17)15-22(24)9-12-25(13-10-22)21(26)18-8-11-23-20(14-18)27-2/h3-8,11,14,19H,9-10,12-13,15-16H2,1-2H3. The molecule has 1 amide bonds. The molecular formula is C22H27N3O2. The summed E-state index contributed by atoms with van der Waals surface area (Å²) >= 11 is 0. The molecule has 1 unspecified atom stereocenters. The first-order valence-electron chi connectivity index (χ1n) is 9.67. The highest BCUT2D eigenvalue weighted by Crippen LogP contribution is 2.44. The number of likely N-dealkylation sites (N-methyl/N-ethyl adjacent to an activating group) is 1. The summed E-state index contributed by atoms with van der Waals surface area (Å²) in [5, 5.41) is 0. The average molecular weight is 365 g/mol. The number of carbonyl (C=O) groups is 1. The molecule has 2 fully saturated rings. The highest BCUT2D eigenvalue weighted by atomic mass is 16.5. The van der Waals surface area contributed by atoms with Gasteiger partial charge in [0, 0.05) is 43.0 Å². The van der Waals surface area contributed by atoms with Gasteiger partial charge in [0.1, 0.15) is 0 Å². The fraction of sp³-hybridized carbons (Fsp3) is 0.455. The number of aromatic nitrogens is 1. The zero-order valence-corrected chi connectivity index (χ0v) is 16.1. The maximum absolute atomic E-state index is 12.9. The predicted molar refractivity (Wildman–Crippen MR) is 105 cm³/mol. The Labute approximate surface area is 161 Å². The molecule has 5 heteroatoms. The van der Waals surface area contributed by atoms with Crippen molar-refractivity contribution in [1.82, 2.24) is 14.8 Å². The van der Waals surface area contributed by atoms with Crippen LogP contribution in [0, 0.1) is 0 Å². The average Bonchev–Trinajstić information content (AvgIpc) is 3.04. The Morgan fingerprint density at radius 1 is 1.19 bits per heavy atom. The molecule has 2 aliphatic heterocycles. The molecular weight excluding hydrogens is 338 g/mol. The van der Waals surface area contributed by atoms with Gasteiger partial charge >= 0.3 is 0 Å². The Morgan fingerprint density at radius 3 is 2.63 bits per heavy atom. The number of pyridine rings is 1. The van der Waals surface area contributed by atoms with E-state index < -0.39 is 0 Å². The Kier molecular flexibility index (Phi) is 4.87. The molecule has 0 bridgehead atoms. The molecule has 0 saturated carbocycles. The number of methoxy groups -OCH3 is 1. The van der Waals surface area contributed by atoms with E-state index in [1.165, 1.54) is 12.0 Å². The first-order valence-corrected chi connectivity index (χ1v) is 9.67. The van der Waals surface area contributed by atoms with E-state index in [4.69, 9.17) is 4.74 Å². The second-order valence-electron chi connectivity index (χ2n) is 7.80. The lowest BCUT2D eigenvalue weighted by atomic mass is 9.81. The van der Waals surface area contributed by atoms with Crippen LogP contribution >= 0.6 is 0 Å². The van der Waals surface area contributed by atoms with Gasteiger partial charge in [-0.1, -0.05) is 30.3 Å². The lowest BCUT2D eigenvalue weighted by Gasteiger charge is -2.43. The first kappa shape index (κ1) is 18.0. The second kappa shape index (κ2) is 7.31. The van der Waals surface area contributed by atoms with Gasteiger partial charge in [-0.05, 0) is 43.9 Å². The lowest BCUT2D eigenvalue weighted by Crippen LogP contribution is -2.52. The summed E-state index contributed by atoms with van der Waals surface area (Å²) in [6, 6.07) is 14.3. The van der Waals surface area contributed by atoms with Crippen molar-refractivity contribution >= 4 is 5.91 Å². The van der Waals surface area contributed by atoms with E-state index in [0.29, 0.717) is 17.4 Å². The van der Waals surface area contributed by atoms with Crippen LogP contribution in [0.4, 0.5) is 0 Å². The van der Waals surface area contributed by atoms with E-state index in [1.54, 1.807) is 25.4 Å². The Bertz CT molecular complexity index is 800. The number of likely N-dealkylation sites (tertiary alicyclic amines) is 2. The highest BCUT2D eigenvalue weighted by molar-refractivity contribution is 5.94. The summed E-state index contributed by atoms with van der Waals surface area (Å²) < 4.78 is 5.15. The summed E-state index contributed by atoms with van der Waals surface area (Å²) in [7, 11) is 3.81. The van der Waals surface area contributed by atoms with Gasteiger partial charge in [0.2, 0.25) is 5.88 Å². The maximum Gasteiger partial charge on any atom is 0.254 e. The van der Waals surface area contributed by atoms with Gasteiger partial charge < -0.3 is 9.64 Å². The molecule has 1 spiro atoms. The lowest BCUT2D eigenvalue weighted by molar-refractivity contribution is 0.0491. The quantitative estimate of drug-likeness (QED) is 0.838. The number of ether oxygens (including phenoxy) is 1. The normalized spacial score (nSPS) is 22.1. The smallest absolute Gasteiger partial charge is 0.254 e. The number of rotatable bonds is 3. The van der Waals surface area contributed by atoms with E-state index in [1.807, 2.05) is 4.90 Å². The summed E-state index contributed by atoms with van der Waals surface area (Å²) in [6.45, 7) is 2.70. The minimum Gasteiger partial charge on any atom is -0.481 e. The summed E-state index contributed by atoms with van der Waals surface area (Å²) in [5.74, 6) is 1.14. The van der Waals surface area contributed by atoms with Crippen molar-refractivity contribution in [3.63, 3.8) is 0 Å². The van der Waals surface area contributed by atoms with E-state index in [0.717, 1.165) is 32.5 Å². The highest BCUT2D eigenvalue weighted by Gasteiger charge is 2.46. The minimum atomic E-state index is 0.0748. The summed E-state index contributed by atoms with van der Waals surface area (Å²) in [6.07, 6.45) is 4.87. The van der Waals surface area contributed by atoms with Gasteiger partial charge in [-0.3, -0.25) is 9.69 Å².